The standard InChI is InChI=1S/C19H21N7/c1-14-4-2-6-18(23-14)25-19-11-20-10-17(24-19)15-5-3-7-26(12-15)16-8-21-13-22-9-16/h2,4,6,8-11,13,15H,3,5,7,12H2,1H3,(H,23,24,25)/t15-/m1/s1. The van der Waals surface area contributed by atoms with Crippen LogP contribution in [0.4, 0.5) is 17.3 Å². The zero-order chi connectivity index (χ0) is 17.8. The van der Waals surface area contributed by atoms with Crippen molar-refractivity contribution in [2.45, 2.75) is 25.7 Å². The van der Waals surface area contributed by atoms with Gasteiger partial charge < -0.3 is 10.2 Å². The first-order valence-electron chi connectivity index (χ1n) is 8.80. The molecule has 3 aromatic rings. The maximum atomic E-state index is 4.78. The summed E-state index contributed by atoms with van der Waals surface area (Å²) >= 11 is 0. The van der Waals surface area contributed by atoms with Crippen molar-refractivity contribution in [2.75, 3.05) is 23.3 Å². The van der Waals surface area contributed by atoms with E-state index in [9.17, 15) is 0 Å². The highest BCUT2D eigenvalue weighted by molar-refractivity contribution is 5.51. The Balaban J connectivity index is 1.50. The van der Waals surface area contributed by atoms with Crippen LogP contribution in [0.5, 0.6) is 0 Å². The Hall–Kier alpha value is -3.09. The Kier molecular flexibility index (Phi) is 4.68. The maximum Gasteiger partial charge on any atom is 0.150 e. The molecule has 0 amide bonds. The summed E-state index contributed by atoms with van der Waals surface area (Å²) in [5.74, 6) is 1.84. The van der Waals surface area contributed by atoms with Crippen molar-refractivity contribution in [2.24, 2.45) is 0 Å². The first-order valence-corrected chi connectivity index (χ1v) is 8.80. The third-order valence-electron chi connectivity index (χ3n) is 4.55. The lowest BCUT2D eigenvalue weighted by Gasteiger charge is -2.33. The fraction of sp³-hybridized carbons (Fsp3) is 0.316. The largest absolute Gasteiger partial charge is 0.368 e. The summed E-state index contributed by atoms with van der Waals surface area (Å²) in [6.07, 6.45) is 11.1. The molecule has 0 aromatic carbocycles. The van der Waals surface area contributed by atoms with Gasteiger partial charge in [0.25, 0.3) is 0 Å². The molecule has 0 radical (unpaired) electrons. The van der Waals surface area contributed by atoms with Crippen molar-refractivity contribution >= 4 is 17.3 Å². The van der Waals surface area contributed by atoms with Crippen LogP contribution in [0.15, 0.2) is 49.3 Å². The molecule has 0 saturated carbocycles. The van der Waals surface area contributed by atoms with Gasteiger partial charge in [0, 0.05) is 30.9 Å². The highest BCUT2D eigenvalue weighted by atomic mass is 15.2. The van der Waals surface area contributed by atoms with Crippen molar-refractivity contribution in [3.63, 3.8) is 0 Å². The molecule has 0 aliphatic carbocycles. The van der Waals surface area contributed by atoms with Gasteiger partial charge in [0.1, 0.15) is 18.0 Å². The van der Waals surface area contributed by atoms with Crippen LogP contribution in [0.1, 0.15) is 30.1 Å². The molecule has 26 heavy (non-hydrogen) atoms. The van der Waals surface area contributed by atoms with Crippen molar-refractivity contribution in [1.82, 2.24) is 24.9 Å². The van der Waals surface area contributed by atoms with Gasteiger partial charge in [-0.25, -0.2) is 19.9 Å². The lowest BCUT2D eigenvalue weighted by atomic mass is 9.95. The smallest absolute Gasteiger partial charge is 0.150 e. The molecule has 1 atom stereocenters. The van der Waals surface area contributed by atoms with Gasteiger partial charge in [-0.05, 0) is 31.9 Å². The van der Waals surface area contributed by atoms with E-state index in [4.69, 9.17) is 4.98 Å². The molecule has 1 saturated heterocycles. The van der Waals surface area contributed by atoms with Crippen LogP contribution in [-0.4, -0.2) is 38.0 Å². The Bertz CT molecular complexity index is 869. The van der Waals surface area contributed by atoms with Crippen molar-refractivity contribution < 1.29 is 0 Å². The summed E-state index contributed by atoms with van der Waals surface area (Å²) in [6.45, 7) is 3.88. The van der Waals surface area contributed by atoms with E-state index in [1.54, 1.807) is 12.5 Å². The van der Waals surface area contributed by atoms with E-state index in [0.29, 0.717) is 5.92 Å². The van der Waals surface area contributed by atoms with E-state index in [1.165, 1.54) is 0 Å². The van der Waals surface area contributed by atoms with Crippen LogP contribution >= 0.6 is 0 Å². The predicted octanol–water partition coefficient (Wildman–Crippen LogP) is 3.10. The topological polar surface area (TPSA) is 79.7 Å². The predicted molar refractivity (Wildman–Crippen MR) is 101 cm³/mol. The first kappa shape index (κ1) is 16.4. The second-order valence-corrected chi connectivity index (χ2v) is 6.50. The summed E-state index contributed by atoms with van der Waals surface area (Å²) in [7, 11) is 0. The van der Waals surface area contributed by atoms with E-state index >= 15 is 0 Å². The van der Waals surface area contributed by atoms with Gasteiger partial charge >= 0.3 is 0 Å². The Morgan fingerprint density at radius 3 is 2.73 bits per heavy atom. The molecule has 7 heteroatoms. The van der Waals surface area contributed by atoms with Crippen molar-refractivity contribution in [3.05, 3.63) is 60.7 Å². The number of hydrogen-bond donors (Lipinski definition) is 1. The SMILES string of the molecule is Cc1cccc(Nc2cncc([C@@H]3CCCN(c4cncnc4)C3)n2)n1. The zero-order valence-electron chi connectivity index (χ0n) is 14.7. The van der Waals surface area contributed by atoms with Crippen molar-refractivity contribution in [1.29, 1.82) is 0 Å². The molecule has 3 aromatic heterocycles. The van der Waals surface area contributed by atoms with E-state index in [1.807, 2.05) is 43.7 Å². The van der Waals surface area contributed by atoms with Gasteiger partial charge in [-0.2, -0.15) is 0 Å². The van der Waals surface area contributed by atoms with Crippen LogP contribution in [-0.2, 0) is 0 Å². The molecule has 1 fully saturated rings. The van der Waals surface area contributed by atoms with Gasteiger partial charge in [-0.15, -0.1) is 0 Å². The summed E-state index contributed by atoms with van der Waals surface area (Å²) < 4.78 is 0. The van der Waals surface area contributed by atoms with E-state index in [-0.39, 0.29) is 0 Å². The summed E-state index contributed by atoms with van der Waals surface area (Å²) in [4.78, 5) is 24.2. The maximum absolute atomic E-state index is 4.78. The molecule has 1 aliphatic rings. The molecule has 7 nitrogen and oxygen atoms in total. The van der Waals surface area contributed by atoms with Crippen LogP contribution in [0.3, 0.4) is 0 Å². The number of anilines is 3. The molecule has 1 aliphatic heterocycles. The second kappa shape index (κ2) is 7.43. The lowest BCUT2D eigenvalue weighted by molar-refractivity contribution is 0.500. The normalized spacial score (nSPS) is 17.1. The van der Waals surface area contributed by atoms with Crippen LogP contribution in [0, 0.1) is 6.92 Å². The summed E-state index contributed by atoms with van der Waals surface area (Å²) in [5, 5.41) is 3.25. The summed E-state index contributed by atoms with van der Waals surface area (Å²) in [6, 6.07) is 5.87. The fourth-order valence-electron chi connectivity index (χ4n) is 3.29. The molecule has 0 unspecified atom stereocenters. The fourth-order valence-corrected chi connectivity index (χ4v) is 3.29. The molecule has 132 valence electrons. The van der Waals surface area contributed by atoms with Crippen LogP contribution in [0.2, 0.25) is 0 Å². The minimum absolute atomic E-state index is 0.337. The Morgan fingerprint density at radius 2 is 1.88 bits per heavy atom. The van der Waals surface area contributed by atoms with E-state index < -0.39 is 0 Å². The van der Waals surface area contributed by atoms with E-state index in [2.05, 4.69) is 30.2 Å². The number of nitrogens with one attached hydrogen (secondary N) is 1. The first-order chi connectivity index (χ1) is 12.8. The molecular formula is C19H21N7. The average Bonchev–Trinajstić information content (AvgIpc) is 2.69. The van der Waals surface area contributed by atoms with Crippen LogP contribution < -0.4 is 10.2 Å². The zero-order valence-corrected chi connectivity index (χ0v) is 14.7. The molecule has 0 spiro atoms. The monoisotopic (exact) mass is 347 g/mol. The van der Waals surface area contributed by atoms with Gasteiger partial charge in [-0.3, -0.25) is 4.98 Å². The molecule has 0 bridgehead atoms. The number of hydrogen-bond acceptors (Lipinski definition) is 7. The second-order valence-electron chi connectivity index (χ2n) is 6.50. The van der Waals surface area contributed by atoms with E-state index in [0.717, 1.165) is 54.6 Å². The Labute approximate surface area is 152 Å². The van der Waals surface area contributed by atoms with Crippen LogP contribution in [0.25, 0.3) is 0 Å². The molecule has 1 N–H and O–H groups in total. The number of rotatable bonds is 4. The van der Waals surface area contributed by atoms with Crippen molar-refractivity contribution in [3.8, 4) is 0 Å². The quantitative estimate of drug-likeness (QED) is 0.777. The number of piperidine rings is 1. The van der Waals surface area contributed by atoms with Gasteiger partial charge in [0.2, 0.25) is 0 Å². The number of aryl methyl sites for hydroxylation is 1. The molecule has 4 rings (SSSR count). The number of pyridine rings is 1. The average molecular weight is 347 g/mol. The molecular weight excluding hydrogens is 326 g/mol. The minimum atomic E-state index is 0.337. The molecule has 4 heterocycles. The van der Waals surface area contributed by atoms with Gasteiger partial charge in [-0.1, -0.05) is 6.07 Å². The highest BCUT2D eigenvalue weighted by Crippen LogP contribution is 2.28. The lowest BCUT2D eigenvalue weighted by Crippen LogP contribution is -2.34. The Morgan fingerprint density at radius 1 is 1.00 bits per heavy atom. The number of nitrogens with zero attached hydrogens (tertiary/aromatic N) is 6. The van der Waals surface area contributed by atoms with Gasteiger partial charge in [0.05, 0.1) is 30.0 Å². The van der Waals surface area contributed by atoms with Gasteiger partial charge in [0.15, 0.2) is 0 Å². The highest BCUT2D eigenvalue weighted by Gasteiger charge is 2.23. The third-order valence-corrected chi connectivity index (χ3v) is 4.55. The summed E-state index contributed by atoms with van der Waals surface area (Å²) in [5.41, 5.74) is 3.03. The minimum Gasteiger partial charge on any atom is -0.368 e. The third kappa shape index (κ3) is 3.77. The number of aromatic nitrogens is 5.